The Labute approximate surface area is 126 Å². The molecule has 2 rings (SSSR count). The predicted molar refractivity (Wildman–Crippen MR) is 86.9 cm³/mol. The normalized spacial score (nSPS) is 13.6. The molecule has 2 N–H and O–H groups in total. The highest BCUT2D eigenvalue weighted by molar-refractivity contribution is 5.81. The largest absolute Gasteiger partial charge is 0.497 e. The van der Waals surface area contributed by atoms with Gasteiger partial charge < -0.3 is 19.8 Å². The van der Waals surface area contributed by atoms with E-state index in [9.17, 15) is 0 Å². The lowest BCUT2D eigenvalue weighted by Crippen LogP contribution is -2.35. The molecule has 4 heteroatoms. The summed E-state index contributed by atoms with van der Waals surface area (Å²) < 4.78 is 10.7. The van der Waals surface area contributed by atoms with E-state index in [-0.39, 0.29) is 5.60 Å². The Bertz CT molecular complexity index is 589. The van der Waals surface area contributed by atoms with Crippen molar-refractivity contribution >= 4 is 10.9 Å². The van der Waals surface area contributed by atoms with E-state index in [2.05, 4.69) is 43.2 Å². The van der Waals surface area contributed by atoms with Crippen LogP contribution in [0.4, 0.5) is 0 Å². The number of hydrogen-bond acceptors (Lipinski definition) is 3. The first kappa shape index (κ1) is 15.9. The molecule has 0 aliphatic rings. The van der Waals surface area contributed by atoms with Gasteiger partial charge in [-0.05, 0) is 51.5 Å². The minimum Gasteiger partial charge on any atom is -0.497 e. The molecule has 0 unspecified atom stereocenters. The first-order valence-corrected chi connectivity index (χ1v) is 7.38. The van der Waals surface area contributed by atoms with Gasteiger partial charge in [0.25, 0.3) is 0 Å². The van der Waals surface area contributed by atoms with E-state index in [1.165, 1.54) is 11.1 Å². The maximum absolute atomic E-state index is 5.47. The van der Waals surface area contributed by atoms with Crippen molar-refractivity contribution in [2.75, 3.05) is 14.2 Å². The SMILES string of the molecule is COc1ccc2[nH]c(CN[C@@H](C)CC(C)(C)OC)cc2c1. The maximum atomic E-state index is 5.47. The van der Waals surface area contributed by atoms with Gasteiger partial charge in [-0.3, -0.25) is 0 Å². The molecule has 1 heterocycles. The van der Waals surface area contributed by atoms with Crippen molar-refractivity contribution in [3.05, 3.63) is 30.0 Å². The second kappa shape index (κ2) is 6.50. The second-order valence-corrected chi connectivity index (χ2v) is 6.20. The lowest BCUT2D eigenvalue weighted by molar-refractivity contribution is 0.00842. The molecule has 1 atom stereocenters. The topological polar surface area (TPSA) is 46.3 Å². The van der Waals surface area contributed by atoms with Crippen molar-refractivity contribution in [1.82, 2.24) is 10.3 Å². The van der Waals surface area contributed by atoms with Crippen LogP contribution in [0.3, 0.4) is 0 Å². The van der Waals surface area contributed by atoms with Gasteiger partial charge in [0.2, 0.25) is 0 Å². The van der Waals surface area contributed by atoms with E-state index in [4.69, 9.17) is 9.47 Å². The average molecular weight is 290 g/mol. The predicted octanol–water partition coefficient (Wildman–Crippen LogP) is 3.47. The number of benzene rings is 1. The van der Waals surface area contributed by atoms with Crippen molar-refractivity contribution in [1.29, 1.82) is 0 Å². The van der Waals surface area contributed by atoms with Crippen LogP contribution in [0.1, 0.15) is 32.9 Å². The number of nitrogens with one attached hydrogen (secondary N) is 2. The molecule has 0 spiro atoms. The van der Waals surface area contributed by atoms with E-state index in [1.54, 1.807) is 14.2 Å². The van der Waals surface area contributed by atoms with Gasteiger partial charge in [0, 0.05) is 36.3 Å². The minimum absolute atomic E-state index is 0.0970. The summed E-state index contributed by atoms with van der Waals surface area (Å²) in [5.74, 6) is 0.885. The Hall–Kier alpha value is -1.52. The number of aromatic nitrogens is 1. The fourth-order valence-electron chi connectivity index (χ4n) is 2.57. The summed E-state index contributed by atoms with van der Waals surface area (Å²) >= 11 is 0. The van der Waals surface area contributed by atoms with Gasteiger partial charge in [-0.15, -0.1) is 0 Å². The van der Waals surface area contributed by atoms with Crippen LogP contribution in [0.2, 0.25) is 0 Å². The van der Waals surface area contributed by atoms with Gasteiger partial charge >= 0.3 is 0 Å². The van der Waals surface area contributed by atoms with Gasteiger partial charge in [-0.1, -0.05) is 0 Å². The van der Waals surface area contributed by atoms with Crippen molar-refractivity contribution in [3.8, 4) is 5.75 Å². The zero-order chi connectivity index (χ0) is 15.5. The molecule has 0 radical (unpaired) electrons. The number of H-pyrrole nitrogens is 1. The number of hydrogen-bond donors (Lipinski definition) is 2. The molecule has 0 fully saturated rings. The van der Waals surface area contributed by atoms with Crippen molar-refractivity contribution in [2.45, 2.75) is 45.4 Å². The highest BCUT2D eigenvalue weighted by atomic mass is 16.5. The number of methoxy groups -OCH3 is 2. The smallest absolute Gasteiger partial charge is 0.119 e. The quantitative estimate of drug-likeness (QED) is 0.821. The summed E-state index contributed by atoms with van der Waals surface area (Å²) in [4.78, 5) is 3.43. The summed E-state index contributed by atoms with van der Waals surface area (Å²) in [5, 5.41) is 4.71. The molecular formula is C17H26N2O2. The van der Waals surface area contributed by atoms with Gasteiger partial charge in [0.05, 0.1) is 12.7 Å². The van der Waals surface area contributed by atoms with Gasteiger partial charge in [0.1, 0.15) is 5.75 Å². The lowest BCUT2D eigenvalue weighted by Gasteiger charge is -2.27. The van der Waals surface area contributed by atoms with Crippen molar-refractivity contribution < 1.29 is 9.47 Å². The molecule has 0 amide bonds. The molecule has 1 aromatic carbocycles. The molecule has 0 saturated carbocycles. The molecule has 0 saturated heterocycles. The third-order valence-electron chi connectivity index (χ3n) is 3.88. The Morgan fingerprint density at radius 2 is 2.00 bits per heavy atom. The number of fused-ring (bicyclic) bond motifs is 1. The number of ether oxygens (including phenoxy) is 2. The van der Waals surface area contributed by atoms with Crippen LogP contribution in [0.25, 0.3) is 10.9 Å². The molecule has 1 aromatic heterocycles. The Morgan fingerprint density at radius 3 is 2.67 bits per heavy atom. The lowest BCUT2D eigenvalue weighted by atomic mass is 10.00. The first-order chi connectivity index (χ1) is 9.93. The van der Waals surface area contributed by atoms with E-state index < -0.39 is 0 Å². The monoisotopic (exact) mass is 290 g/mol. The van der Waals surface area contributed by atoms with Crippen molar-refractivity contribution in [3.63, 3.8) is 0 Å². The molecule has 4 nitrogen and oxygen atoms in total. The average Bonchev–Trinajstić information content (AvgIpc) is 2.86. The highest BCUT2D eigenvalue weighted by Gasteiger charge is 2.19. The third-order valence-corrected chi connectivity index (χ3v) is 3.88. The third kappa shape index (κ3) is 4.22. The molecule has 116 valence electrons. The van der Waals surface area contributed by atoms with Crippen LogP contribution in [0.5, 0.6) is 5.75 Å². The summed E-state index contributed by atoms with van der Waals surface area (Å²) in [5.41, 5.74) is 2.22. The van der Waals surface area contributed by atoms with Crippen molar-refractivity contribution in [2.24, 2.45) is 0 Å². The van der Waals surface area contributed by atoms with E-state index in [0.717, 1.165) is 24.2 Å². The summed E-state index contributed by atoms with van der Waals surface area (Å²) in [6.45, 7) is 7.23. The van der Waals surface area contributed by atoms with Crippen LogP contribution in [0, 0.1) is 0 Å². The number of rotatable bonds is 7. The summed E-state index contributed by atoms with van der Waals surface area (Å²) in [7, 11) is 3.45. The molecule has 21 heavy (non-hydrogen) atoms. The maximum Gasteiger partial charge on any atom is 0.119 e. The molecule has 2 aromatic rings. The minimum atomic E-state index is -0.0970. The fourth-order valence-corrected chi connectivity index (χ4v) is 2.57. The van der Waals surface area contributed by atoms with E-state index >= 15 is 0 Å². The standard InChI is InChI=1S/C17H26N2O2/c1-12(10-17(2,3)21-5)18-11-14-8-13-9-15(20-4)6-7-16(13)19-14/h6-9,12,18-19H,10-11H2,1-5H3/t12-/m0/s1. The zero-order valence-corrected chi connectivity index (χ0v) is 13.6. The Morgan fingerprint density at radius 1 is 1.24 bits per heavy atom. The summed E-state index contributed by atoms with van der Waals surface area (Å²) in [6.07, 6.45) is 0.970. The van der Waals surface area contributed by atoms with Gasteiger partial charge in [-0.25, -0.2) is 0 Å². The van der Waals surface area contributed by atoms with Crippen LogP contribution in [0.15, 0.2) is 24.3 Å². The van der Waals surface area contributed by atoms with Gasteiger partial charge in [-0.2, -0.15) is 0 Å². The van der Waals surface area contributed by atoms with Crippen LogP contribution in [-0.4, -0.2) is 30.8 Å². The highest BCUT2D eigenvalue weighted by Crippen LogP contribution is 2.21. The first-order valence-electron chi connectivity index (χ1n) is 7.38. The van der Waals surface area contributed by atoms with E-state index in [1.807, 2.05) is 12.1 Å². The molecule has 0 aliphatic heterocycles. The number of aromatic amines is 1. The summed E-state index contributed by atoms with van der Waals surface area (Å²) in [6, 6.07) is 8.63. The molecule has 0 aliphatic carbocycles. The van der Waals surface area contributed by atoms with Gasteiger partial charge in [0.15, 0.2) is 0 Å². The zero-order valence-electron chi connectivity index (χ0n) is 13.6. The molecular weight excluding hydrogens is 264 g/mol. The van der Waals surface area contributed by atoms with E-state index in [0.29, 0.717) is 6.04 Å². The van der Waals surface area contributed by atoms with Crippen LogP contribution in [-0.2, 0) is 11.3 Å². The fraction of sp³-hybridized carbons (Fsp3) is 0.529. The van der Waals surface area contributed by atoms with Crippen LogP contribution >= 0.6 is 0 Å². The molecule has 0 bridgehead atoms. The second-order valence-electron chi connectivity index (χ2n) is 6.20. The van der Waals surface area contributed by atoms with Crippen LogP contribution < -0.4 is 10.1 Å². The Balaban J connectivity index is 1.97. The Kier molecular flexibility index (Phi) is 4.91.